The molecule has 2 aromatic carbocycles. The van der Waals surface area contributed by atoms with Crippen molar-refractivity contribution in [3.8, 4) is 0 Å². The fraction of sp³-hybridized carbons (Fsp3) is 0.217. The van der Waals surface area contributed by atoms with Gasteiger partial charge in [0.05, 0.1) is 11.0 Å². The topological polar surface area (TPSA) is 52.6 Å². The first-order chi connectivity index (χ1) is 14.5. The number of halogens is 1. The number of urea groups is 1. The summed E-state index contributed by atoms with van der Waals surface area (Å²) in [6.07, 6.45) is 0.392. The minimum absolute atomic E-state index is 0.198. The Hall–Kier alpha value is -2.67. The van der Waals surface area contributed by atoms with E-state index in [1.54, 1.807) is 0 Å². The SMILES string of the molecule is CN(Cc1ccc(Cl)s1)CN1C(=O)NC(Cc2ccccc2)(c2ccccc2)C1=O. The third kappa shape index (κ3) is 4.12. The number of nitrogens with one attached hydrogen (secondary N) is 1. The van der Waals surface area contributed by atoms with E-state index in [1.807, 2.05) is 84.7 Å². The summed E-state index contributed by atoms with van der Waals surface area (Å²) < 4.78 is 0.722. The van der Waals surface area contributed by atoms with E-state index in [4.69, 9.17) is 11.6 Å². The second kappa shape index (κ2) is 8.60. The molecule has 1 aliphatic rings. The third-order valence-electron chi connectivity index (χ3n) is 5.19. The van der Waals surface area contributed by atoms with Crippen LogP contribution in [0.5, 0.6) is 0 Å². The Balaban J connectivity index is 1.60. The smallest absolute Gasteiger partial charge is 0.319 e. The number of hydrogen-bond donors (Lipinski definition) is 1. The summed E-state index contributed by atoms with van der Waals surface area (Å²) in [7, 11) is 1.88. The Labute approximate surface area is 184 Å². The van der Waals surface area contributed by atoms with Gasteiger partial charge in [0.2, 0.25) is 0 Å². The molecular weight excluding hydrogens is 418 g/mol. The number of amides is 3. The molecule has 30 heavy (non-hydrogen) atoms. The van der Waals surface area contributed by atoms with Crippen LogP contribution in [0, 0.1) is 0 Å². The minimum Gasteiger partial charge on any atom is -0.319 e. The molecule has 0 aliphatic carbocycles. The highest BCUT2D eigenvalue weighted by atomic mass is 35.5. The van der Waals surface area contributed by atoms with Gasteiger partial charge in [-0.25, -0.2) is 9.69 Å². The summed E-state index contributed by atoms with van der Waals surface area (Å²) in [5.41, 5.74) is 0.646. The largest absolute Gasteiger partial charge is 0.326 e. The van der Waals surface area contributed by atoms with Crippen LogP contribution in [-0.4, -0.2) is 35.5 Å². The maximum absolute atomic E-state index is 13.6. The van der Waals surface area contributed by atoms with Gasteiger partial charge in [-0.3, -0.25) is 9.69 Å². The van der Waals surface area contributed by atoms with Crippen molar-refractivity contribution in [3.63, 3.8) is 0 Å². The van der Waals surface area contributed by atoms with Crippen LogP contribution in [0.25, 0.3) is 0 Å². The maximum atomic E-state index is 13.6. The van der Waals surface area contributed by atoms with E-state index < -0.39 is 5.54 Å². The average molecular weight is 440 g/mol. The zero-order valence-corrected chi connectivity index (χ0v) is 18.1. The van der Waals surface area contributed by atoms with Gasteiger partial charge in [0.1, 0.15) is 0 Å². The average Bonchev–Trinajstić information content (AvgIpc) is 3.25. The lowest BCUT2D eigenvalue weighted by Gasteiger charge is -2.28. The van der Waals surface area contributed by atoms with E-state index in [1.165, 1.54) is 16.2 Å². The van der Waals surface area contributed by atoms with Crippen LogP contribution in [0.4, 0.5) is 4.79 Å². The van der Waals surface area contributed by atoms with Crippen LogP contribution < -0.4 is 5.32 Å². The molecule has 0 bridgehead atoms. The summed E-state index contributed by atoms with van der Waals surface area (Å²) >= 11 is 7.51. The highest BCUT2D eigenvalue weighted by Crippen LogP contribution is 2.33. The van der Waals surface area contributed by atoms with Crippen LogP contribution in [-0.2, 0) is 23.3 Å². The van der Waals surface area contributed by atoms with Gasteiger partial charge in [-0.05, 0) is 30.3 Å². The Morgan fingerprint density at radius 1 is 1.00 bits per heavy atom. The van der Waals surface area contributed by atoms with Gasteiger partial charge < -0.3 is 5.32 Å². The molecule has 1 aliphatic heterocycles. The fourth-order valence-corrected chi connectivity index (χ4v) is 4.96. The Morgan fingerprint density at radius 3 is 2.30 bits per heavy atom. The molecule has 1 saturated heterocycles. The second-order valence-electron chi connectivity index (χ2n) is 7.46. The van der Waals surface area contributed by atoms with Gasteiger partial charge >= 0.3 is 6.03 Å². The quantitative estimate of drug-likeness (QED) is 0.552. The van der Waals surface area contributed by atoms with Crippen molar-refractivity contribution in [1.82, 2.24) is 15.1 Å². The zero-order valence-electron chi connectivity index (χ0n) is 16.5. The highest BCUT2D eigenvalue weighted by Gasteiger charge is 2.52. The molecule has 0 spiro atoms. The molecule has 154 valence electrons. The molecule has 1 fully saturated rings. The van der Waals surface area contributed by atoms with Crippen molar-refractivity contribution in [3.05, 3.63) is 93.1 Å². The lowest BCUT2D eigenvalue weighted by molar-refractivity contribution is -0.133. The first-order valence-electron chi connectivity index (χ1n) is 9.64. The first-order valence-corrected chi connectivity index (χ1v) is 10.8. The van der Waals surface area contributed by atoms with Gasteiger partial charge in [0, 0.05) is 17.8 Å². The monoisotopic (exact) mass is 439 g/mol. The van der Waals surface area contributed by atoms with Gasteiger partial charge in [0.25, 0.3) is 5.91 Å². The van der Waals surface area contributed by atoms with Crippen molar-refractivity contribution < 1.29 is 9.59 Å². The van der Waals surface area contributed by atoms with E-state index in [0.29, 0.717) is 13.0 Å². The standard InChI is InChI=1S/C23H22ClN3O2S/c1-26(15-19-12-13-20(24)30-19)16-27-21(28)23(25-22(27)29,18-10-6-3-7-11-18)14-17-8-4-2-5-9-17/h2-13H,14-16H2,1H3,(H,25,29). The van der Waals surface area contributed by atoms with Crippen molar-refractivity contribution >= 4 is 34.9 Å². The number of benzene rings is 2. The molecule has 5 nitrogen and oxygen atoms in total. The van der Waals surface area contributed by atoms with Crippen LogP contribution in [0.1, 0.15) is 16.0 Å². The Kier molecular flexibility index (Phi) is 5.90. The number of thiophene rings is 1. The van der Waals surface area contributed by atoms with Crippen LogP contribution in [0.3, 0.4) is 0 Å². The fourth-order valence-electron chi connectivity index (χ4n) is 3.79. The predicted octanol–water partition coefficient (Wildman–Crippen LogP) is 4.48. The summed E-state index contributed by atoms with van der Waals surface area (Å²) in [5.74, 6) is -0.237. The lowest BCUT2D eigenvalue weighted by atomic mass is 9.83. The summed E-state index contributed by atoms with van der Waals surface area (Å²) in [5, 5.41) is 3.00. The zero-order chi connectivity index (χ0) is 21.1. The van der Waals surface area contributed by atoms with Crippen LogP contribution in [0.15, 0.2) is 72.8 Å². The Morgan fingerprint density at radius 2 is 1.67 bits per heavy atom. The van der Waals surface area contributed by atoms with E-state index in [9.17, 15) is 9.59 Å². The van der Waals surface area contributed by atoms with Gasteiger partial charge in [0.15, 0.2) is 5.54 Å². The number of carbonyl (C=O) groups excluding carboxylic acids is 2. The van der Waals surface area contributed by atoms with Crippen molar-refractivity contribution in [2.24, 2.45) is 0 Å². The number of imide groups is 1. The molecule has 7 heteroatoms. The molecule has 1 N–H and O–H groups in total. The van der Waals surface area contributed by atoms with E-state index in [0.717, 1.165) is 20.3 Å². The van der Waals surface area contributed by atoms with Crippen molar-refractivity contribution in [1.29, 1.82) is 0 Å². The first kappa shape index (κ1) is 20.6. The van der Waals surface area contributed by atoms with Gasteiger partial charge in [-0.1, -0.05) is 72.3 Å². The van der Waals surface area contributed by atoms with Crippen molar-refractivity contribution in [2.75, 3.05) is 13.7 Å². The number of hydrogen-bond acceptors (Lipinski definition) is 4. The summed E-state index contributed by atoms with van der Waals surface area (Å²) in [6.45, 7) is 0.801. The molecule has 1 atom stereocenters. The van der Waals surface area contributed by atoms with E-state index in [2.05, 4.69) is 5.32 Å². The van der Waals surface area contributed by atoms with Crippen LogP contribution in [0.2, 0.25) is 4.34 Å². The van der Waals surface area contributed by atoms with Gasteiger partial charge in [-0.15, -0.1) is 11.3 Å². The summed E-state index contributed by atoms with van der Waals surface area (Å²) in [6, 6.07) is 22.6. The Bertz CT molecular complexity index is 1040. The number of carbonyl (C=O) groups is 2. The normalized spacial score (nSPS) is 18.8. The maximum Gasteiger partial charge on any atom is 0.326 e. The second-order valence-corrected chi connectivity index (χ2v) is 9.26. The molecule has 1 unspecified atom stereocenters. The third-order valence-corrected chi connectivity index (χ3v) is 6.41. The van der Waals surface area contributed by atoms with Gasteiger partial charge in [-0.2, -0.15) is 0 Å². The lowest BCUT2D eigenvalue weighted by Crippen LogP contribution is -2.46. The predicted molar refractivity (Wildman–Crippen MR) is 119 cm³/mol. The van der Waals surface area contributed by atoms with Crippen molar-refractivity contribution in [2.45, 2.75) is 18.5 Å². The number of rotatable bonds is 7. The summed E-state index contributed by atoms with van der Waals surface area (Å²) in [4.78, 5) is 30.8. The number of nitrogens with zero attached hydrogens (tertiary/aromatic N) is 2. The molecule has 0 saturated carbocycles. The molecule has 4 rings (SSSR count). The van der Waals surface area contributed by atoms with E-state index >= 15 is 0 Å². The molecular formula is C23H22ClN3O2S. The molecule has 3 aromatic rings. The molecule has 1 aromatic heterocycles. The van der Waals surface area contributed by atoms with Crippen LogP contribution >= 0.6 is 22.9 Å². The molecule has 3 amide bonds. The minimum atomic E-state index is -1.12. The highest BCUT2D eigenvalue weighted by molar-refractivity contribution is 7.16. The molecule has 0 radical (unpaired) electrons. The molecule has 2 heterocycles. The van der Waals surface area contributed by atoms with E-state index in [-0.39, 0.29) is 18.6 Å².